The Morgan fingerprint density at radius 3 is 2.47 bits per heavy atom. The molecule has 2 heteroatoms. The highest BCUT2D eigenvalue weighted by molar-refractivity contribution is 5.49. The highest BCUT2D eigenvalue weighted by Crippen LogP contribution is 2.21. The molecule has 1 N–H and O–H groups in total. The molecular formula is C13H21NO. The van der Waals surface area contributed by atoms with Gasteiger partial charge in [0, 0.05) is 31.3 Å². The lowest BCUT2D eigenvalue weighted by molar-refractivity contribution is 0.273. The van der Waals surface area contributed by atoms with Crippen molar-refractivity contribution >= 4 is 5.69 Å². The van der Waals surface area contributed by atoms with Gasteiger partial charge in [-0.05, 0) is 31.5 Å². The van der Waals surface area contributed by atoms with Crippen molar-refractivity contribution in [2.75, 3.05) is 24.6 Å². The highest BCUT2D eigenvalue weighted by Gasteiger charge is 2.06. The number of anilines is 1. The van der Waals surface area contributed by atoms with Crippen LogP contribution in [0.1, 0.15) is 32.3 Å². The number of hydrogen-bond donors (Lipinski definition) is 1. The van der Waals surface area contributed by atoms with Crippen LogP contribution in [0, 0.1) is 0 Å². The predicted octanol–water partition coefficient (Wildman–Crippen LogP) is 2.63. The Bertz CT molecular complexity index is 294. The Morgan fingerprint density at radius 2 is 1.93 bits per heavy atom. The fourth-order valence-electron chi connectivity index (χ4n) is 1.72. The number of aliphatic hydroxyl groups is 1. The third kappa shape index (κ3) is 2.96. The molecule has 0 heterocycles. The van der Waals surface area contributed by atoms with Gasteiger partial charge in [-0.25, -0.2) is 0 Å². The van der Waals surface area contributed by atoms with Gasteiger partial charge in [0.05, 0.1) is 0 Å². The first-order valence-corrected chi connectivity index (χ1v) is 5.68. The Labute approximate surface area is 92.5 Å². The number of rotatable bonds is 5. The van der Waals surface area contributed by atoms with Crippen molar-refractivity contribution in [3.05, 3.63) is 29.8 Å². The molecule has 1 rings (SSSR count). The summed E-state index contributed by atoms with van der Waals surface area (Å²) >= 11 is 0. The van der Waals surface area contributed by atoms with Crippen LogP contribution in [0.2, 0.25) is 0 Å². The summed E-state index contributed by atoms with van der Waals surface area (Å²) in [7, 11) is 0. The molecule has 0 aliphatic rings. The molecule has 84 valence electrons. The summed E-state index contributed by atoms with van der Waals surface area (Å²) in [5, 5.41) is 9.12. The molecule has 15 heavy (non-hydrogen) atoms. The Balaban J connectivity index is 2.91. The molecule has 0 amide bonds. The van der Waals surface area contributed by atoms with Crippen molar-refractivity contribution in [3.63, 3.8) is 0 Å². The Hall–Kier alpha value is -1.02. The lowest BCUT2D eigenvalue weighted by Crippen LogP contribution is -2.21. The van der Waals surface area contributed by atoms with Crippen molar-refractivity contribution in [1.82, 2.24) is 0 Å². The van der Waals surface area contributed by atoms with Gasteiger partial charge >= 0.3 is 0 Å². The van der Waals surface area contributed by atoms with Gasteiger partial charge in [-0.1, -0.05) is 19.1 Å². The molecule has 0 spiro atoms. The topological polar surface area (TPSA) is 23.5 Å². The summed E-state index contributed by atoms with van der Waals surface area (Å²) in [4.78, 5) is 2.31. The average Bonchev–Trinajstić information content (AvgIpc) is 2.30. The van der Waals surface area contributed by atoms with Crippen molar-refractivity contribution in [2.45, 2.75) is 26.7 Å². The Morgan fingerprint density at radius 1 is 1.27 bits per heavy atom. The van der Waals surface area contributed by atoms with Crippen LogP contribution < -0.4 is 4.90 Å². The smallest absolute Gasteiger partial charge is 0.0497 e. The third-order valence-electron chi connectivity index (χ3n) is 2.84. The lowest BCUT2D eigenvalue weighted by Gasteiger charge is -2.22. The van der Waals surface area contributed by atoms with E-state index >= 15 is 0 Å². The molecule has 0 aliphatic carbocycles. The van der Waals surface area contributed by atoms with Crippen molar-refractivity contribution in [1.29, 1.82) is 0 Å². The van der Waals surface area contributed by atoms with Crippen molar-refractivity contribution < 1.29 is 5.11 Å². The summed E-state index contributed by atoms with van der Waals surface area (Å²) < 4.78 is 0. The van der Waals surface area contributed by atoms with Gasteiger partial charge in [-0.2, -0.15) is 0 Å². The zero-order chi connectivity index (χ0) is 11.3. The number of hydrogen-bond acceptors (Lipinski definition) is 2. The second-order valence-corrected chi connectivity index (χ2v) is 3.85. The first-order chi connectivity index (χ1) is 7.22. The van der Waals surface area contributed by atoms with Crippen LogP contribution in [0.15, 0.2) is 24.3 Å². The predicted molar refractivity (Wildman–Crippen MR) is 65.5 cm³/mol. The first kappa shape index (κ1) is 12.1. The van der Waals surface area contributed by atoms with E-state index in [9.17, 15) is 0 Å². The average molecular weight is 207 g/mol. The van der Waals surface area contributed by atoms with E-state index in [1.165, 1.54) is 11.3 Å². The van der Waals surface area contributed by atoms with Crippen LogP contribution in [0.4, 0.5) is 5.69 Å². The van der Waals surface area contributed by atoms with E-state index in [2.05, 4.69) is 43.0 Å². The summed E-state index contributed by atoms with van der Waals surface area (Å²) in [6, 6.07) is 8.44. The van der Waals surface area contributed by atoms with Crippen molar-refractivity contribution in [3.8, 4) is 0 Å². The monoisotopic (exact) mass is 207 g/mol. The molecule has 0 bridgehead atoms. The first-order valence-electron chi connectivity index (χ1n) is 5.68. The molecular weight excluding hydrogens is 186 g/mol. The molecule has 0 saturated heterocycles. The second-order valence-electron chi connectivity index (χ2n) is 3.85. The molecule has 0 radical (unpaired) electrons. The van der Waals surface area contributed by atoms with Crippen molar-refractivity contribution in [2.24, 2.45) is 0 Å². The maximum absolute atomic E-state index is 9.12. The van der Waals surface area contributed by atoms with E-state index in [1.807, 2.05) is 6.92 Å². The Kier molecular flexibility index (Phi) is 4.63. The van der Waals surface area contributed by atoms with Gasteiger partial charge < -0.3 is 10.0 Å². The van der Waals surface area contributed by atoms with Gasteiger partial charge in [0.25, 0.3) is 0 Å². The lowest BCUT2D eigenvalue weighted by atomic mass is 10.0. The minimum absolute atomic E-state index is 0.210. The van der Waals surface area contributed by atoms with E-state index in [-0.39, 0.29) is 12.5 Å². The summed E-state index contributed by atoms with van der Waals surface area (Å²) in [6.45, 7) is 8.61. The SMILES string of the molecule is CCN(CC)c1cccc(C(C)CO)c1. The summed E-state index contributed by atoms with van der Waals surface area (Å²) in [5.74, 6) is 0.223. The largest absolute Gasteiger partial charge is 0.396 e. The van der Waals surface area contributed by atoms with E-state index in [1.54, 1.807) is 0 Å². The minimum Gasteiger partial charge on any atom is -0.396 e. The fraction of sp³-hybridized carbons (Fsp3) is 0.538. The number of aliphatic hydroxyl groups excluding tert-OH is 1. The van der Waals surface area contributed by atoms with Crippen LogP contribution in [0.5, 0.6) is 0 Å². The van der Waals surface area contributed by atoms with E-state index in [4.69, 9.17) is 5.11 Å². The maximum Gasteiger partial charge on any atom is 0.0497 e. The van der Waals surface area contributed by atoms with Crippen LogP contribution >= 0.6 is 0 Å². The number of nitrogens with zero attached hydrogens (tertiary/aromatic N) is 1. The molecule has 0 aliphatic heterocycles. The van der Waals surface area contributed by atoms with Crippen LogP contribution in [0.3, 0.4) is 0 Å². The highest BCUT2D eigenvalue weighted by atomic mass is 16.3. The van der Waals surface area contributed by atoms with Gasteiger partial charge in [0.2, 0.25) is 0 Å². The third-order valence-corrected chi connectivity index (χ3v) is 2.84. The van der Waals surface area contributed by atoms with E-state index < -0.39 is 0 Å². The van der Waals surface area contributed by atoms with E-state index in [0.717, 1.165) is 13.1 Å². The zero-order valence-corrected chi connectivity index (χ0v) is 9.90. The number of benzene rings is 1. The molecule has 0 aromatic heterocycles. The molecule has 2 nitrogen and oxygen atoms in total. The minimum atomic E-state index is 0.210. The van der Waals surface area contributed by atoms with Gasteiger partial charge in [0.1, 0.15) is 0 Å². The van der Waals surface area contributed by atoms with Gasteiger partial charge in [-0.15, -0.1) is 0 Å². The second kappa shape index (κ2) is 5.76. The summed E-state index contributed by atoms with van der Waals surface area (Å²) in [5.41, 5.74) is 2.46. The zero-order valence-electron chi connectivity index (χ0n) is 9.90. The van der Waals surface area contributed by atoms with Crippen LogP contribution in [0.25, 0.3) is 0 Å². The van der Waals surface area contributed by atoms with Gasteiger partial charge in [-0.3, -0.25) is 0 Å². The summed E-state index contributed by atoms with van der Waals surface area (Å²) in [6.07, 6.45) is 0. The van der Waals surface area contributed by atoms with Crippen LogP contribution in [-0.2, 0) is 0 Å². The molecule has 1 unspecified atom stereocenters. The maximum atomic E-state index is 9.12. The molecule has 1 atom stereocenters. The molecule has 0 saturated carbocycles. The van der Waals surface area contributed by atoms with Crippen LogP contribution in [-0.4, -0.2) is 24.8 Å². The quantitative estimate of drug-likeness (QED) is 0.802. The standard InChI is InChI=1S/C13H21NO/c1-4-14(5-2)13-8-6-7-12(9-13)11(3)10-15/h6-9,11,15H,4-5,10H2,1-3H3. The normalized spacial score (nSPS) is 12.5. The molecule has 0 fully saturated rings. The van der Waals surface area contributed by atoms with Gasteiger partial charge in [0.15, 0.2) is 0 Å². The van der Waals surface area contributed by atoms with E-state index in [0.29, 0.717) is 0 Å². The molecule has 1 aromatic carbocycles. The molecule has 1 aromatic rings. The fourth-order valence-corrected chi connectivity index (χ4v) is 1.72.